The van der Waals surface area contributed by atoms with E-state index in [1.807, 2.05) is 19.9 Å². The topological polar surface area (TPSA) is 62.6 Å². The van der Waals surface area contributed by atoms with Gasteiger partial charge < -0.3 is 9.47 Å². The Morgan fingerprint density at radius 2 is 1.68 bits per heavy atom. The summed E-state index contributed by atoms with van der Waals surface area (Å²) in [5, 5.41) is 0. The van der Waals surface area contributed by atoms with Crippen LogP contribution in [0.1, 0.15) is 41.6 Å². The summed E-state index contributed by atoms with van der Waals surface area (Å²) in [5.41, 5.74) is 2.77. The van der Waals surface area contributed by atoms with Gasteiger partial charge in [0.05, 0.1) is 11.8 Å². The molecule has 0 bridgehead atoms. The molecule has 0 aromatic carbocycles. The number of amides is 1. The van der Waals surface area contributed by atoms with Crippen LogP contribution in [0.4, 0.5) is 0 Å². The maximum Gasteiger partial charge on any atom is 0.255 e. The van der Waals surface area contributed by atoms with Crippen LogP contribution in [0.5, 0.6) is 0 Å². The molecule has 2 heterocycles. The summed E-state index contributed by atoms with van der Waals surface area (Å²) in [6.45, 7) is 9.78. The van der Waals surface area contributed by atoms with E-state index in [-0.39, 0.29) is 5.91 Å². The predicted octanol–water partition coefficient (Wildman–Crippen LogP) is 1.40. The summed E-state index contributed by atoms with van der Waals surface area (Å²) in [6, 6.07) is 2.24. The maximum atomic E-state index is 12.7. The van der Waals surface area contributed by atoms with Crippen molar-refractivity contribution < 1.29 is 13.2 Å². The Kier molecular flexibility index (Phi) is 4.67. The molecule has 2 rings (SSSR count). The first-order chi connectivity index (χ1) is 10.1. The quantitative estimate of drug-likeness (QED) is 0.843. The van der Waals surface area contributed by atoms with Crippen LogP contribution < -0.4 is 0 Å². The Balaban J connectivity index is 2.16. The van der Waals surface area contributed by atoms with Gasteiger partial charge in [-0.15, -0.1) is 0 Å². The molecular weight excluding hydrogens is 302 g/mol. The van der Waals surface area contributed by atoms with Gasteiger partial charge in [-0.3, -0.25) is 4.79 Å². The molecule has 0 unspecified atom stereocenters. The third kappa shape index (κ3) is 3.20. The van der Waals surface area contributed by atoms with E-state index in [2.05, 4.69) is 18.4 Å². The Morgan fingerprint density at radius 3 is 2.09 bits per heavy atom. The molecule has 124 valence electrons. The van der Waals surface area contributed by atoms with Crippen molar-refractivity contribution in [2.45, 2.75) is 33.7 Å². The highest BCUT2D eigenvalue weighted by Gasteiger charge is 2.28. The Labute approximate surface area is 132 Å². The van der Waals surface area contributed by atoms with Gasteiger partial charge in [0.25, 0.3) is 5.91 Å². The van der Waals surface area contributed by atoms with Crippen molar-refractivity contribution in [3.05, 3.63) is 23.0 Å². The molecule has 0 spiro atoms. The fourth-order valence-electron chi connectivity index (χ4n) is 3.18. The zero-order valence-corrected chi connectivity index (χ0v) is 14.8. The van der Waals surface area contributed by atoms with Crippen molar-refractivity contribution in [1.29, 1.82) is 0 Å². The van der Waals surface area contributed by atoms with Gasteiger partial charge in [0.1, 0.15) is 0 Å². The summed E-state index contributed by atoms with van der Waals surface area (Å²) in [6.07, 6.45) is 1.21. The van der Waals surface area contributed by atoms with Crippen LogP contribution in [0, 0.1) is 13.8 Å². The zero-order valence-electron chi connectivity index (χ0n) is 14.0. The van der Waals surface area contributed by atoms with Crippen molar-refractivity contribution in [1.82, 2.24) is 13.8 Å². The summed E-state index contributed by atoms with van der Waals surface area (Å²) in [7, 11) is -3.17. The Morgan fingerprint density at radius 1 is 1.14 bits per heavy atom. The SMILES string of the molecule is Cc1cc(C(=O)N2CCN(S(C)(=O)=O)CC2)c(C)n1C(C)C. The van der Waals surface area contributed by atoms with Crippen LogP contribution in [0.25, 0.3) is 0 Å². The van der Waals surface area contributed by atoms with E-state index in [0.717, 1.165) is 17.0 Å². The molecule has 1 saturated heterocycles. The van der Waals surface area contributed by atoms with E-state index in [1.54, 1.807) is 4.90 Å². The second-order valence-electron chi connectivity index (χ2n) is 6.20. The van der Waals surface area contributed by atoms with Crippen LogP contribution in [0.2, 0.25) is 0 Å². The molecule has 1 fully saturated rings. The van der Waals surface area contributed by atoms with E-state index in [4.69, 9.17) is 0 Å². The van der Waals surface area contributed by atoms with Gasteiger partial charge in [-0.25, -0.2) is 8.42 Å². The lowest BCUT2D eigenvalue weighted by Gasteiger charge is -2.33. The highest BCUT2D eigenvalue weighted by atomic mass is 32.2. The van der Waals surface area contributed by atoms with Gasteiger partial charge in [0, 0.05) is 43.6 Å². The van der Waals surface area contributed by atoms with E-state index in [9.17, 15) is 13.2 Å². The minimum absolute atomic E-state index is 0.00634. The lowest BCUT2D eigenvalue weighted by Crippen LogP contribution is -2.50. The molecule has 0 N–H and O–H groups in total. The number of nitrogens with zero attached hydrogens (tertiary/aromatic N) is 3. The smallest absolute Gasteiger partial charge is 0.255 e. The van der Waals surface area contributed by atoms with Crippen LogP contribution in [0.15, 0.2) is 6.07 Å². The van der Waals surface area contributed by atoms with E-state index in [0.29, 0.717) is 32.2 Å². The highest BCUT2D eigenvalue weighted by Crippen LogP contribution is 2.22. The molecule has 0 saturated carbocycles. The second-order valence-corrected chi connectivity index (χ2v) is 8.19. The molecule has 1 aliphatic heterocycles. The van der Waals surface area contributed by atoms with Gasteiger partial charge >= 0.3 is 0 Å². The molecule has 22 heavy (non-hydrogen) atoms. The maximum absolute atomic E-state index is 12.7. The number of carbonyl (C=O) groups excluding carboxylic acids is 1. The first kappa shape index (κ1) is 17.0. The number of aromatic nitrogens is 1. The Hall–Kier alpha value is -1.34. The highest BCUT2D eigenvalue weighted by molar-refractivity contribution is 7.88. The fraction of sp³-hybridized carbons (Fsp3) is 0.667. The minimum Gasteiger partial charge on any atom is -0.346 e. The summed E-state index contributed by atoms with van der Waals surface area (Å²) in [4.78, 5) is 14.5. The largest absolute Gasteiger partial charge is 0.346 e. The molecule has 0 radical (unpaired) electrons. The van der Waals surface area contributed by atoms with Gasteiger partial charge in [0.2, 0.25) is 10.0 Å². The third-order valence-electron chi connectivity index (χ3n) is 4.23. The number of aryl methyl sites for hydroxylation is 1. The molecule has 6 nitrogen and oxygen atoms in total. The lowest BCUT2D eigenvalue weighted by atomic mass is 10.2. The van der Waals surface area contributed by atoms with Crippen LogP contribution >= 0.6 is 0 Å². The summed E-state index contributed by atoms with van der Waals surface area (Å²) < 4.78 is 26.6. The van der Waals surface area contributed by atoms with Crippen molar-refractivity contribution in [3.63, 3.8) is 0 Å². The monoisotopic (exact) mass is 327 g/mol. The minimum atomic E-state index is -3.17. The molecular formula is C15H25N3O3S. The number of rotatable bonds is 3. The number of carbonyl (C=O) groups is 1. The van der Waals surface area contributed by atoms with Crippen molar-refractivity contribution in [2.75, 3.05) is 32.4 Å². The van der Waals surface area contributed by atoms with Crippen LogP contribution in [-0.4, -0.2) is 60.5 Å². The first-order valence-corrected chi connectivity index (χ1v) is 9.40. The summed E-state index contributed by atoms with van der Waals surface area (Å²) >= 11 is 0. The van der Waals surface area contributed by atoms with Crippen molar-refractivity contribution >= 4 is 15.9 Å². The Bertz CT molecular complexity index is 668. The third-order valence-corrected chi connectivity index (χ3v) is 5.53. The number of hydrogen-bond donors (Lipinski definition) is 0. The van der Waals surface area contributed by atoms with Gasteiger partial charge in [-0.2, -0.15) is 4.31 Å². The van der Waals surface area contributed by atoms with Crippen molar-refractivity contribution in [3.8, 4) is 0 Å². The van der Waals surface area contributed by atoms with E-state index < -0.39 is 10.0 Å². The first-order valence-electron chi connectivity index (χ1n) is 7.55. The molecule has 7 heteroatoms. The lowest BCUT2D eigenvalue weighted by molar-refractivity contribution is 0.0697. The van der Waals surface area contributed by atoms with E-state index >= 15 is 0 Å². The number of hydrogen-bond acceptors (Lipinski definition) is 3. The summed E-state index contributed by atoms with van der Waals surface area (Å²) in [5.74, 6) is -0.00634. The molecule has 0 atom stereocenters. The van der Waals surface area contributed by atoms with Gasteiger partial charge in [-0.05, 0) is 33.8 Å². The zero-order chi connectivity index (χ0) is 16.7. The standard InChI is InChI=1S/C15H25N3O3S/c1-11(2)18-12(3)10-14(13(18)4)15(19)16-6-8-17(9-7-16)22(5,20)21/h10-11H,6-9H2,1-5H3. The van der Waals surface area contributed by atoms with Gasteiger partial charge in [-0.1, -0.05) is 0 Å². The van der Waals surface area contributed by atoms with Crippen LogP contribution in [-0.2, 0) is 10.0 Å². The molecule has 1 amide bonds. The van der Waals surface area contributed by atoms with Crippen molar-refractivity contribution in [2.24, 2.45) is 0 Å². The molecule has 1 aromatic rings. The number of sulfonamides is 1. The van der Waals surface area contributed by atoms with Crippen LogP contribution in [0.3, 0.4) is 0 Å². The fourth-order valence-corrected chi connectivity index (χ4v) is 4.01. The molecule has 1 aliphatic rings. The molecule has 1 aromatic heterocycles. The van der Waals surface area contributed by atoms with E-state index in [1.165, 1.54) is 10.6 Å². The average molecular weight is 327 g/mol. The van der Waals surface area contributed by atoms with Gasteiger partial charge in [0.15, 0.2) is 0 Å². The normalized spacial score (nSPS) is 17.3. The predicted molar refractivity (Wildman–Crippen MR) is 86.6 cm³/mol. The second kappa shape index (κ2) is 6.04. The number of piperazine rings is 1. The average Bonchev–Trinajstić information content (AvgIpc) is 2.72. The molecule has 0 aliphatic carbocycles.